The second-order valence-corrected chi connectivity index (χ2v) is 7.02. The van der Waals surface area contributed by atoms with Gasteiger partial charge in [-0.25, -0.2) is 0 Å². The van der Waals surface area contributed by atoms with E-state index in [-0.39, 0.29) is 11.9 Å². The maximum atomic E-state index is 12.4. The summed E-state index contributed by atoms with van der Waals surface area (Å²) < 4.78 is 0. The number of benzene rings is 1. The van der Waals surface area contributed by atoms with Gasteiger partial charge in [-0.2, -0.15) is 0 Å². The number of nitrogens with one attached hydrogen (secondary N) is 2. The van der Waals surface area contributed by atoms with Crippen molar-refractivity contribution in [3.8, 4) is 0 Å². The van der Waals surface area contributed by atoms with Gasteiger partial charge in [0.25, 0.3) is 0 Å². The molecule has 4 nitrogen and oxygen atoms in total. The summed E-state index contributed by atoms with van der Waals surface area (Å²) in [4.78, 5) is 14.7. The van der Waals surface area contributed by atoms with Crippen LogP contribution in [0.1, 0.15) is 43.7 Å². The van der Waals surface area contributed by atoms with E-state index < -0.39 is 0 Å². The van der Waals surface area contributed by atoms with Crippen LogP contribution in [0.5, 0.6) is 0 Å². The molecule has 1 aromatic rings. The second-order valence-electron chi connectivity index (χ2n) is 6.61. The summed E-state index contributed by atoms with van der Waals surface area (Å²) in [6.07, 6.45) is 6.03. The number of hydrogen-bond donors (Lipinski definition) is 2. The topological polar surface area (TPSA) is 44.4 Å². The first-order valence-electron chi connectivity index (χ1n) is 8.72. The van der Waals surface area contributed by atoms with Gasteiger partial charge >= 0.3 is 0 Å². The van der Waals surface area contributed by atoms with E-state index >= 15 is 0 Å². The maximum Gasteiger partial charge on any atom is 0.234 e. The Bertz CT molecular complexity index is 531. The number of carbonyl (C=O) groups is 1. The number of carbonyl (C=O) groups excluding carboxylic acids is 1. The van der Waals surface area contributed by atoms with Gasteiger partial charge in [-0.1, -0.05) is 49.1 Å². The Balaban J connectivity index is 1.62. The summed E-state index contributed by atoms with van der Waals surface area (Å²) in [6.45, 7) is 3.07. The molecule has 1 aliphatic heterocycles. The predicted molar refractivity (Wildman–Crippen MR) is 93.7 cm³/mol. The smallest absolute Gasteiger partial charge is 0.234 e. The van der Waals surface area contributed by atoms with Crippen LogP contribution in [0, 0.1) is 0 Å². The van der Waals surface area contributed by atoms with Crippen LogP contribution in [0.3, 0.4) is 0 Å². The normalized spacial score (nSPS) is 23.6. The van der Waals surface area contributed by atoms with E-state index in [9.17, 15) is 4.79 Å². The average Bonchev–Trinajstić information content (AvgIpc) is 2.57. The first-order valence-corrected chi connectivity index (χ1v) is 9.10. The standard InChI is InChI=1S/C18H26ClN3O/c19-16-9-5-4-8-15(16)17-12-20-10-11-22(17)13-18(23)21-14-6-2-1-3-7-14/h4-5,8-9,14,17,20H,1-3,6-7,10-13H2,(H,21,23). The SMILES string of the molecule is O=C(CN1CCNCC1c1ccccc1Cl)NC1CCCCC1. The minimum absolute atomic E-state index is 0.149. The molecule has 23 heavy (non-hydrogen) atoms. The van der Waals surface area contributed by atoms with Crippen molar-refractivity contribution in [2.75, 3.05) is 26.2 Å². The highest BCUT2D eigenvalue weighted by Gasteiger charge is 2.27. The van der Waals surface area contributed by atoms with Gasteiger partial charge in [0, 0.05) is 36.7 Å². The van der Waals surface area contributed by atoms with E-state index in [1.165, 1.54) is 19.3 Å². The Kier molecular flexibility index (Phi) is 5.92. The molecule has 1 saturated heterocycles. The fourth-order valence-corrected chi connectivity index (χ4v) is 3.95. The van der Waals surface area contributed by atoms with Crippen LogP contribution in [0.25, 0.3) is 0 Å². The van der Waals surface area contributed by atoms with E-state index in [1.807, 2.05) is 18.2 Å². The van der Waals surface area contributed by atoms with Crippen molar-refractivity contribution in [2.45, 2.75) is 44.2 Å². The molecule has 0 radical (unpaired) electrons. The minimum atomic E-state index is 0.149. The third-order valence-corrected chi connectivity index (χ3v) is 5.28. The fourth-order valence-electron chi connectivity index (χ4n) is 3.69. The quantitative estimate of drug-likeness (QED) is 0.889. The fraction of sp³-hybridized carbons (Fsp3) is 0.611. The second kappa shape index (κ2) is 8.13. The molecule has 126 valence electrons. The van der Waals surface area contributed by atoms with Crippen molar-refractivity contribution < 1.29 is 4.79 Å². The van der Waals surface area contributed by atoms with E-state index in [4.69, 9.17) is 11.6 Å². The number of nitrogens with zero attached hydrogens (tertiary/aromatic N) is 1. The van der Waals surface area contributed by atoms with Crippen LogP contribution in [0.4, 0.5) is 0 Å². The zero-order valence-electron chi connectivity index (χ0n) is 13.6. The van der Waals surface area contributed by atoms with Gasteiger partial charge in [0.05, 0.1) is 6.54 Å². The molecule has 2 fully saturated rings. The highest BCUT2D eigenvalue weighted by molar-refractivity contribution is 6.31. The van der Waals surface area contributed by atoms with Crippen LogP contribution in [-0.2, 0) is 4.79 Å². The molecule has 2 N–H and O–H groups in total. The van der Waals surface area contributed by atoms with Crippen molar-refractivity contribution in [1.82, 2.24) is 15.5 Å². The Labute approximate surface area is 143 Å². The van der Waals surface area contributed by atoms with Gasteiger partial charge in [-0.15, -0.1) is 0 Å². The van der Waals surface area contributed by atoms with Gasteiger partial charge in [0.1, 0.15) is 0 Å². The first kappa shape index (κ1) is 16.7. The van der Waals surface area contributed by atoms with Crippen LogP contribution < -0.4 is 10.6 Å². The van der Waals surface area contributed by atoms with Gasteiger partial charge in [-0.3, -0.25) is 9.69 Å². The van der Waals surface area contributed by atoms with Gasteiger partial charge in [-0.05, 0) is 24.5 Å². The number of hydrogen-bond acceptors (Lipinski definition) is 3. The third-order valence-electron chi connectivity index (χ3n) is 4.94. The third kappa shape index (κ3) is 4.46. The van der Waals surface area contributed by atoms with E-state index in [2.05, 4.69) is 21.6 Å². The van der Waals surface area contributed by atoms with Crippen molar-refractivity contribution in [3.63, 3.8) is 0 Å². The molecular formula is C18H26ClN3O. The summed E-state index contributed by atoms with van der Waals surface area (Å²) in [5, 5.41) is 7.41. The lowest BCUT2D eigenvalue weighted by Gasteiger charge is -2.36. The zero-order chi connectivity index (χ0) is 16.1. The Morgan fingerprint density at radius 2 is 2.04 bits per heavy atom. The molecule has 0 aromatic heterocycles. The lowest BCUT2D eigenvalue weighted by molar-refractivity contribution is -0.124. The van der Waals surface area contributed by atoms with Crippen molar-refractivity contribution in [2.24, 2.45) is 0 Å². The number of rotatable bonds is 4. The molecule has 5 heteroatoms. The summed E-state index contributed by atoms with van der Waals surface area (Å²) in [5.41, 5.74) is 1.10. The molecule has 1 unspecified atom stereocenters. The minimum Gasteiger partial charge on any atom is -0.352 e. The number of piperazine rings is 1. The molecule has 1 aliphatic carbocycles. The summed E-state index contributed by atoms with van der Waals surface area (Å²) in [6, 6.07) is 8.48. The van der Waals surface area contributed by atoms with Crippen LogP contribution >= 0.6 is 11.6 Å². The summed E-state index contributed by atoms with van der Waals surface area (Å²) in [7, 11) is 0. The number of amides is 1. The highest BCUT2D eigenvalue weighted by Crippen LogP contribution is 2.28. The largest absolute Gasteiger partial charge is 0.352 e. The Morgan fingerprint density at radius 3 is 2.83 bits per heavy atom. The summed E-state index contributed by atoms with van der Waals surface area (Å²) >= 11 is 6.36. The van der Waals surface area contributed by atoms with E-state index in [1.54, 1.807) is 0 Å². The van der Waals surface area contributed by atoms with Crippen molar-refractivity contribution in [1.29, 1.82) is 0 Å². The lowest BCUT2D eigenvalue weighted by atomic mass is 9.95. The maximum absolute atomic E-state index is 12.4. The molecule has 1 saturated carbocycles. The highest BCUT2D eigenvalue weighted by atomic mass is 35.5. The zero-order valence-corrected chi connectivity index (χ0v) is 14.3. The van der Waals surface area contributed by atoms with Gasteiger partial charge in [0.2, 0.25) is 5.91 Å². The number of halogens is 1. The lowest BCUT2D eigenvalue weighted by Crippen LogP contribution is -2.50. The molecule has 1 atom stereocenters. The van der Waals surface area contributed by atoms with Crippen LogP contribution in [-0.4, -0.2) is 43.0 Å². The van der Waals surface area contributed by atoms with Crippen LogP contribution in [0.2, 0.25) is 5.02 Å². The molecular weight excluding hydrogens is 310 g/mol. The Hall–Kier alpha value is -1.10. The van der Waals surface area contributed by atoms with Crippen LogP contribution in [0.15, 0.2) is 24.3 Å². The molecule has 1 amide bonds. The van der Waals surface area contributed by atoms with Crippen molar-refractivity contribution >= 4 is 17.5 Å². The molecule has 0 spiro atoms. The van der Waals surface area contributed by atoms with Crippen molar-refractivity contribution in [3.05, 3.63) is 34.9 Å². The molecule has 1 heterocycles. The van der Waals surface area contributed by atoms with Gasteiger partial charge < -0.3 is 10.6 Å². The Morgan fingerprint density at radius 1 is 1.26 bits per heavy atom. The van der Waals surface area contributed by atoms with E-state index in [0.717, 1.165) is 43.1 Å². The average molecular weight is 336 g/mol. The molecule has 3 rings (SSSR count). The van der Waals surface area contributed by atoms with Gasteiger partial charge in [0.15, 0.2) is 0 Å². The molecule has 1 aromatic carbocycles. The molecule has 2 aliphatic rings. The van der Waals surface area contributed by atoms with E-state index in [0.29, 0.717) is 12.6 Å². The monoisotopic (exact) mass is 335 g/mol. The molecule has 0 bridgehead atoms. The predicted octanol–water partition coefficient (Wildman–Crippen LogP) is 2.74. The first-order chi connectivity index (χ1) is 11.2. The summed E-state index contributed by atoms with van der Waals surface area (Å²) in [5.74, 6) is 0.149.